The van der Waals surface area contributed by atoms with Gasteiger partial charge in [0.05, 0.1) is 5.52 Å². The van der Waals surface area contributed by atoms with Crippen molar-refractivity contribution in [1.29, 1.82) is 0 Å². The van der Waals surface area contributed by atoms with Gasteiger partial charge in [-0.1, -0.05) is 29.3 Å². The lowest BCUT2D eigenvalue weighted by Crippen LogP contribution is -2.40. The van der Waals surface area contributed by atoms with Crippen molar-refractivity contribution in [1.82, 2.24) is 9.99 Å². The van der Waals surface area contributed by atoms with Gasteiger partial charge in [0.15, 0.2) is 0 Å². The first-order valence-corrected chi connectivity index (χ1v) is 10.5. The second kappa shape index (κ2) is 10.5. The highest BCUT2D eigenvalue weighted by Crippen LogP contribution is 2.25. The molecular formula is C22H22Cl2N4O4. The molecule has 3 rings (SSSR count). The summed E-state index contributed by atoms with van der Waals surface area (Å²) >= 11 is 12.2. The number of benzene rings is 2. The number of hydrogen-bond acceptors (Lipinski definition) is 4. The van der Waals surface area contributed by atoms with E-state index in [2.05, 4.69) is 16.1 Å². The van der Waals surface area contributed by atoms with Gasteiger partial charge in [-0.15, -0.1) is 0 Å². The first-order valence-electron chi connectivity index (χ1n) is 9.77. The SMILES string of the molecule is COCCCNC(=O)C(=O)Nn1c(C(=O)Nc2ccc(C)c(Cl)c2)cc2cc(Cl)ccc21. The molecule has 0 bridgehead atoms. The van der Waals surface area contributed by atoms with E-state index in [-0.39, 0.29) is 12.2 Å². The zero-order valence-electron chi connectivity index (χ0n) is 17.5. The summed E-state index contributed by atoms with van der Waals surface area (Å²) in [7, 11) is 1.55. The van der Waals surface area contributed by atoms with Gasteiger partial charge in [0.1, 0.15) is 5.69 Å². The van der Waals surface area contributed by atoms with Gasteiger partial charge >= 0.3 is 11.8 Å². The number of carbonyl (C=O) groups excluding carboxylic acids is 3. The second-order valence-corrected chi connectivity index (χ2v) is 7.87. The highest BCUT2D eigenvalue weighted by molar-refractivity contribution is 6.38. The van der Waals surface area contributed by atoms with Crippen molar-refractivity contribution >= 4 is 57.5 Å². The Morgan fingerprint density at radius 3 is 2.53 bits per heavy atom. The lowest BCUT2D eigenvalue weighted by Gasteiger charge is -2.13. The zero-order chi connectivity index (χ0) is 23.3. The number of nitrogens with zero attached hydrogens (tertiary/aromatic N) is 1. The largest absolute Gasteiger partial charge is 0.385 e. The molecular weight excluding hydrogens is 455 g/mol. The van der Waals surface area contributed by atoms with Crippen molar-refractivity contribution in [3.8, 4) is 0 Å². The van der Waals surface area contributed by atoms with Crippen LogP contribution in [0, 0.1) is 6.92 Å². The minimum absolute atomic E-state index is 0.111. The van der Waals surface area contributed by atoms with Gasteiger partial charge in [-0.3, -0.25) is 19.8 Å². The zero-order valence-corrected chi connectivity index (χ0v) is 19.0. The van der Waals surface area contributed by atoms with Crippen LogP contribution in [0.15, 0.2) is 42.5 Å². The number of carbonyl (C=O) groups is 3. The fourth-order valence-corrected chi connectivity index (χ4v) is 3.35. The Morgan fingerprint density at radius 1 is 1.03 bits per heavy atom. The average Bonchev–Trinajstić information content (AvgIpc) is 3.11. The van der Waals surface area contributed by atoms with Crippen molar-refractivity contribution in [2.75, 3.05) is 31.0 Å². The normalized spacial score (nSPS) is 10.8. The van der Waals surface area contributed by atoms with Gasteiger partial charge in [0.25, 0.3) is 5.91 Å². The molecule has 8 nitrogen and oxygen atoms in total. The van der Waals surface area contributed by atoms with Gasteiger partial charge in [-0.25, -0.2) is 4.68 Å². The third kappa shape index (κ3) is 5.59. The van der Waals surface area contributed by atoms with E-state index in [4.69, 9.17) is 27.9 Å². The molecule has 10 heteroatoms. The van der Waals surface area contributed by atoms with E-state index < -0.39 is 17.7 Å². The van der Waals surface area contributed by atoms with Crippen molar-refractivity contribution in [3.05, 3.63) is 63.8 Å². The summed E-state index contributed by atoms with van der Waals surface area (Å²) in [6.07, 6.45) is 0.563. The van der Waals surface area contributed by atoms with E-state index in [1.54, 1.807) is 49.6 Å². The maximum atomic E-state index is 13.0. The number of amides is 3. The Bertz CT molecular complexity index is 1180. The van der Waals surface area contributed by atoms with Crippen LogP contribution in [0.2, 0.25) is 10.0 Å². The van der Waals surface area contributed by atoms with E-state index in [1.807, 2.05) is 6.92 Å². The highest BCUT2D eigenvalue weighted by Gasteiger charge is 2.21. The van der Waals surface area contributed by atoms with Crippen LogP contribution in [0.1, 0.15) is 22.5 Å². The number of halogens is 2. The number of anilines is 1. The monoisotopic (exact) mass is 476 g/mol. The van der Waals surface area contributed by atoms with Gasteiger partial charge in [-0.05, 0) is 55.3 Å². The molecule has 0 fully saturated rings. The lowest BCUT2D eigenvalue weighted by atomic mass is 10.2. The van der Waals surface area contributed by atoms with Crippen LogP contribution in [0.3, 0.4) is 0 Å². The molecule has 1 aromatic heterocycles. The van der Waals surface area contributed by atoms with Crippen molar-refractivity contribution in [2.45, 2.75) is 13.3 Å². The molecule has 2 aromatic carbocycles. The van der Waals surface area contributed by atoms with E-state index >= 15 is 0 Å². The quantitative estimate of drug-likeness (QED) is 0.357. The van der Waals surface area contributed by atoms with Crippen LogP contribution in [0.25, 0.3) is 10.9 Å². The van der Waals surface area contributed by atoms with Crippen LogP contribution >= 0.6 is 23.2 Å². The number of hydrogen-bond donors (Lipinski definition) is 3. The van der Waals surface area contributed by atoms with E-state index in [0.29, 0.717) is 39.7 Å². The molecule has 3 N–H and O–H groups in total. The Balaban J connectivity index is 1.86. The summed E-state index contributed by atoms with van der Waals surface area (Å²) in [5.74, 6) is -2.24. The van der Waals surface area contributed by atoms with Crippen molar-refractivity contribution < 1.29 is 19.1 Å². The molecule has 0 saturated heterocycles. The van der Waals surface area contributed by atoms with Gasteiger partial charge in [0.2, 0.25) is 0 Å². The second-order valence-electron chi connectivity index (χ2n) is 7.03. The van der Waals surface area contributed by atoms with E-state index in [1.165, 1.54) is 4.68 Å². The molecule has 0 spiro atoms. The van der Waals surface area contributed by atoms with Crippen LogP contribution < -0.4 is 16.1 Å². The van der Waals surface area contributed by atoms with Gasteiger partial charge < -0.3 is 15.4 Å². The molecule has 0 atom stereocenters. The molecule has 0 saturated carbocycles. The Kier molecular flexibility index (Phi) is 7.74. The lowest BCUT2D eigenvalue weighted by molar-refractivity contribution is -0.136. The molecule has 32 heavy (non-hydrogen) atoms. The number of aryl methyl sites for hydroxylation is 1. The Hall–Kier alpha value is -3.07. The molecule has 1 heterocycles. The van der Waals surface area contributed by atoms with Crippen molar-refractivity contribution in [2.24, 2.45) is 0 Å². The Morgan fingerprint density at radius 2 is 1.81 bits per heavy atom. The maximum Gasteiger partial charge on any atom is 0.328 e. The first-order chi connectivity index (χ1) is 15.3. The standard InChI is InChI=1S/C22H22Cl2N4O4/c1-13-4-6-16(12-17(13)24)26-20(29)19-11-14-10-15(23)5-7-18(14)28(19)27-22(31)21(30)25-8-3-9-32-2/h4-7,10-12H,3,8-9H2,1-2H3,(H,25,30)(H,26,29)(H,27,31). The number of fused-ring (bicyclic) bond motifs is 1. The van der Waals surface area contributed by atoms with E-state index in [9.17, 15) is 14.4 Å². The number of nitrogens with one attached hydrogen (secondary N) is 3. The maximum absolute atomic E-state index is 13.0. The van der Waals surface area contributed by atoms with Crippen molar-refractivity contribution in [3.63, 3.8) is 0 Å². The predicted molar refractivity (Wildman–Crippen MR) is 125 cm³/mol. The minimum atomic E-state index is -0.915. The average molecular weight is 477 g/mol. The first kappa shape index (κ1) is 23.6. The molecule has 0 aliphatic rings. The van der Waals surface area contributed by atoms with Gasteiger partial charge in [0, 0.05) is 41.4 Å². The number of ether oxygens (including phenoxy) is 1. The molecule has 3 aromatic rings. The molecule has 3 amide bonds. The summed E-state index contributed by atoms with van der Waals surface area (Å²) in [6.45, 7) is 2.59. The van der Waals surface area contributed by atoms with Crippen LogP contribution in [-0.2, 0) is 14.3 Å². The predicted octanol–water partition coefficient (Wildman–Crippen LogP) is 3.73. The summed E-state index contributed by atoms with van der Waals surface area (Å²) in [4.78, 5) is 37.6. The Labute approximate surface area is 194 Å². The van der Waals surface area contributed by atoms with Crippen LogP contribution in [0.4, 0.5) is 5.69 Å². The molecule has 0 aliphatic carbocycles. The van der Waals surface area contributed by atoms with Crippen LogP contribution in [0.5, 0.6) is 0 Å². The number of rotatable bonds is 7. The fourth-order valence-electron chi connectivity index (χ4n) is 2.99. The molecule has 0 unspecified atom stereocenters. The summed E-state index contributed by atoms with van der Waals surface area (Å²) in [6, 6.07) is 11.6. The van der Waals surface area contributed by atoms with E-state index in [0.717, 1.165) is 5.56 Å². The fraction of sp³-hybridized carbons (Fsp3) is 0.227. The third-order valence-electron chi connectivity index (χ3n) is 4.66. The summed E-state index contributed by atoms with van der Waals surface area (Å²) in [5.41, 5.74) is 4.46. The minimum Gasteiger partial charge on any atom is -0.385 e. The summed E-state index contributed by atoms with van der Waals surface area (Å²) in [5, 5.41) is 6.85. The molecule has 0 radical (unpaired) electrons. The van der Waals surface area contributed by atoms with Gasteiger partial charge in [-0.2, -0.15) is 0 Å². The topological polar surface area (TPSA) is 101 Å². The van der Waals surface area contributed by atoms with Crippen LogP contribution in [-0.4, -0.2) is 42.7 Å². The smallest absolute Gasteiger partial charge is 0.328 e. The number of aromatic nitrogens is 1. The highest BCUT2D eigenvalue weighted by atomic mass is 35.5. The molecule has 168 valence electrons. The molecule has 0 aliphatic heterocycles. The third-order valence-corrected chi connectivity index (χ3v) is 5.30. The summed E-state index contributed by atoms with van der Waals surface area (Å²) < 4.78 is 6.17. The number of methoxy groups -OCH3 is 1.